The van der Waals surface area contributed by atoms with Gasteiger partial charge in [0.1, 0.15) is 5.75 Å². The number of nitrogens with one attached hydrogen (secondary N) is 1. The van der Waals surface area contributed by atoms with Crippen LogP contribution < -0.4 is 10.2 Å². The SMILES string of the molecule is C=CCN1C(C)CCC2C1CCC(C)N2C(c1ccc(C(=O)NN2CCCCCC2)cc1)c1cccc(OC)c1. The summed E-state index contributed by atoms with van der Waals surface area (Å²) >= 11 is 0. The van der Waals surface area contributed by atoms with Crippen molar-refractivity contribution in [2.75, 3.05) is 26.7 Å². The molecule has 0 radical (unpaired) electrons. The fourth-order valence-corrected chi connectivity index (χ4v) is 7.38. The van der Waals surface area contributed by atoms with Gasteiger partial charge in [-0.1, -0.05) is 43.2 Å². The minimum absolute atomic E-state index is 0.0147. The molecule has 3 aliphatic heterocycles. The molecule has 2 aromatic rings. The molecule has 6 heteroatoms. The minimum Gasteiger partial charge on any atom is -0.497 e. The fourth-order valence-electron chi connectivity index (χ4n) is 7.38. The van der Waals surface area contributed by atoms with Gasteiger partial charge in [0.05, 0.1) is 13.2 Å². The molecule has 0 bridgehead atoms. The number of carbonyl (C=O) groups is 1. The molecule has 216 valence electrons. The van der Waals surface area contributed by atoms with Crippen LogP contribution in [0.1, 0.15) is 92.7 Å². The van der Waals surface area contributed by atoms with Crippen LogP contribution in [0.25, 0.3) is 0 Å². The Bertz CT molecular complexity index is 1130. The van der Waals surface area contributed by atoms with Crippen LogP contribution in [0.5, 0.6) is 5.75 Å². The van der Waals surface area contributed by atoms with E-state index in [9.17, 15) is 4.79 Å². The summed E-state index contributed by atoms with van der Waals surface area (Å²) in [5.41, 5.74) is 6.33. The zero-order valence-electron chi connectivity index (χ0n) is 24.7. The van der Waals surface area contributed by atoms with Crippen LogP contribution in [-0.4, -0.2) is 71.6 Å². The Morgan fingerprint density at radius 3 is 2.35 bits per heavy atom. The Morgan fingerprint density at radius 1 is 0.950 bits per heavy atom. The second-order valence-electron chi connectivity index (χ2n) is 12.1. The number of benzene rings is 2. The number of hydrogen-bond donors (Lipinski definition) is 1. The van der Waals surface area contributed by atoms with Gasteiger partial charge in [-0.05, 0) is 87.8 Å². The number of rotatable bonds is 8. The van der Waals surface area contributed by atoms with Gasteiger partial charge in [0.25, 0.3) is 5.91 Å². The molecule has 2 aromatic carbocycles. The zero-order valence-corrected chi connectivity index (χ0v) is 24.7. The molecule has 0 saturated carbocycles. The maximum Gasteiger partial charge on any atom is 0.265 e. The van der Waals surface area contributed by atoms with Gasteiger partial charge in [0.2, 0.25) is 0 Å². The molecule has 40 heavy (non-hydrogen) atoms. The third kappa shape index (κ3) is 6.29. The van der Waals surface area contributed by atoms with Gasteiger partial charge < -0.3 is 4.74 Å². The van der Waals surface area contributed by atoms with E-state index in [1.807, 2.05) is 18.2 Å². The van der Waals surface area contributed by atoms with Gasteiger partial charge >= 0.3 is 0 Å². The maximum atomic E-state index is 13.1. The number of nitrogens with zero attached hydrogens (tertiary/aromatic N) is 3. The molecule has 3 saturated heterocycles. The Balaban J connectivity index is 1.46. The lowest BCUT2D eigenvalue weighted by atomic mass is 9.79. The number of methoxy groups -OCH3 is 1. The molecule has 0 spiro atoms. The largest absolute Gasteiger partial charge is 0.497 e. The van der Waals surface area contributed by atoms with Crippen LogP contribution >= 0.6 is 0 Å². The first kappa shape index (κ1) is 28.8. The Kier molecular flexibility index (Phi) is 9.61. The van der Waals surface area contributed by atoms with E-state index in [2.05, 4.69) is 77.1 Å². The molecule has 3 aliphatic rings. The number of carbonyl (C=O) groups excluding carboxylic acids is 1. The van der Waals surface area contributed by atoms with E-state index in [1.54, 1.807) is 7.11 Å². The quantitative estimate of drug-likeness (QED) is 0.401. The van der Waals surface area contributed by atoms with Gasteiger partial charge in [0, 0.05) is 49.4 Å². The highest BCUT2D eigenvalue weighted by atomic mass is 16.5. The Morgan fingerprint density at radius 2 is 1.65 bits per heavy atom. The van der Waals surface area contributed by atoms with E-state index in [1.165, 1.54) is 49.7 Å². The minimum atomic E-state index is -0.0147. The molecule has 3 fully saturated rings. The standard InChI is InChI=1S/C34H48N4O2/c1-5-21-37-25(2)13-20-32-31(37)19-14-26(3)38(32)33(29-11-10-12-30(24-29)40-4)27-15-17-28(18-16-27)34(39)35-36-22-8-6-7-9-23-36/h5,10-12,15-18,24-26,31-33H,1,6-9,13-14,19-23H2,2-4H3,(H,35,39). The van der Waals surface area contributed by atoms with Crippen molar-refractivity contribution in [3.05, 3.63) is 77.9 Å². The monoisotopic (exact) mass is 544 g/mol. The van der Waals surface area contributed by atoms with Crippen LogP contribution in [0.2, 0.25) is 0 Å². The van der Waals surface area contributed by atoms with Crippen molar-refractivity contribution >= 4 is 5.91 Å². The van der Waals surface area contributed by atoms with Crippen LogP contribution in [-0.2, 0) is 0 Å². The van der Waals surface area contributed by atoms with Crippen molar-refractivity contribution in [2.24, 2.45) is 0 Å². The maximum absolute atomic E-state index is 13.1. The molecular formula is C34H48N4O2. The third-order valence-corrected chi connectivity index (χ3v) is 9.49. The van der Waals surface area contributed by atoms with E-state index >= 15 is 0 Å². The van der Waals surface area contributed by atoms with Crippen LogP contribution in [0.4, 0.5) is 0 Å². The fraction of sp³-hybridized carbons (Fsp3) is 0.559. The lowest BCUT2D eigenvalue weighted by Gasteiger charge is -2.56. The van der Waals surface area contributed by atoms with Gasteiger partial charge in [-0.3, -0.25) is 20.0 Å². The highest BCUT2D eigenvalue weighted by Crippen LogP contribution is 2.43. The van der Waals surface area contributed by atoms with Crippen LogP contribution in [0.3, 0.4) is 0 Å². The summed E-state index contributed by atoms with van der Waals surface area (Å²) in [4.78, 5) is 18.6. The molecule has 5 rings (SSSR count). The predicted molar refractivity (Wildman–Crippen MR) is 162 cm³/mol. The number of likely N-dealkylation sites (tertiary alicyclic amines) is 2. The van der Waals surface area contributed by atoms with Crippen molar-refractivity contribution in [1.29, 1.82) is 0 Å². The van der Waals surface area contributed by atoms with Gasteiger partial charge in [-0.2, -0.15) is 0 Å². The third-order valence-electron chi connectivity index (χ3n) is 9.49. The average molecular weight is 545 g/mol. The number of hydrazine groups is 1. The Hall–Kier alpha value is -2.67. The highest BCUT2D eigenvalue weighted by molar-refractivity contribution is 5.93. The molecule has 1 amide bonds. The number of amides is 1. The smallest absolute Gasteiger partial charge is 0.265 e. The summed E-state index contributed by atoms with van der Waals surface area (Å²) in [7, 11) is 1.74. The summed E-state index contributed by atoms with van der Waals surface area (Å²) in [5.74, 6) is 0.863. The van der Waals surface area contributed by atoms with E-state index < -0.39 is 0 Å². The topological polar surface area (TPSA) is 48.0 Å². The first-order valence-electron chi connectivity index (χ1n) is 15.4. The first-order chi connectivity index (χ1) is 19.5. The van der Waals surface area contributed by atoms with Crippen molar-refractivity contribution in [2.45, 2.75) is 95.4 Å². The summed E-state index contributed by atoms with van der Waals surface area (Å²) < 4.78 is 5.66. The second-order valence-corrected chi connectivity index (χ2v) is 12.1. The number of piperidine rings is 2. The molecular weight excluding hydrogens is 496 g/mol. The molecule has 5 atom stereocenters. The molecule has 0 aliphatic carbocycles. The van der Waals surface area contributed by atoms with Crippen molar-refractivity contribution < 1.29 is 9.53 Å². The predicted octanol–water partition coefficient (Wildman–Crippen LogP) is 6.20. The molecule has 3 heterocycles. The first-order valence-corrected chi connectivity index (χ1v) is 15.4. The molecule has 1 N–H and O–H groups in total. The summed E-state index contributed by atoms with van der Waals surface area (Å²) in [6.45, 7) is 11.6. The van der Waals surface area contributed by atoms with Gasteiger partial charge in [0.15, 0.2) is 0 Å². The lowest BCUT2D eigenvalue weighted by molar-refractivity contribution is -0.0499. The second kappa shape index (κ2) is 13.3. The van der Waals surface area contributed by atoms with Gasteiger partial charge in [-0.25, -0.2) is 5.01 Å². The highest BCUT2D eigenvalue weighted by Gasteiger charge is 2.45. The summed E-state index contributed by atoms with van der Waals surface area (Å²) in [5, 5.41) is 2.09. The van der Waals surface area contributed by atoms with E-state index in [0.717, 1.165) is 38.2 Å². The molecule has 6 nitrogen and oxygen atoms in total. The van der Waals surface area contributed by atoms with E-state index in [4.69, 9.17) is 4.74 Å². The van der Waals surface area contributed by atoms with Crippen molar-refractivity contribution in [1.82, 2.24) is 20.2 Å². The normalized spacial score (nSPS) is 27.3. The summed E-state index contributed by atoms with van der Waals surface area (Å²) in [6, 6.07) is 19.0. The summed E-state index contributed by atoms with van der Waals surface area (Å²) in [6.07, 6.45) is 11.6. The van der Waals surface area contributed by atoms with Crippen molar-refractivity contribution in [3.63, 3.8) is 0 Å². The average Bonchev–Trinajstić information content (AvgIpc) is 3.25. The van der Waals surface area contributed by atoms with Crippen molar-refractivity contribution in [3.8, 4) is 5.75 Å². The number of ether oxygens (including phenoxy) is 1. The number of hydrogen-bond acceptors (Lipinski definition) is 5. The van der Waals surface area contributed by atoms with Gasteiger partial charge in [-0.15, -0.1) is 6.58 Å². The zero-order chi connectivity index (χ0) is 28.1. The number of fused-ring (bicyclic) bond motifs is 1. The van der Waals surface area contributed by atoms with Crippen LogP contribution in [0.15, 0.2) is 61.2 Å². The molecule has 0 aromatic heterocycles. The molecule has 5 unspecified atom stereocenters. The Labute approximate surface area is 241 Å². The van der Waals surface area contributed by atoms with Crippen LogP contribution in [0, 0.1) is 0 Å². The lowest BCUT2D eigenvalue weighted by Crippen LogP contribution is -2.63. The van der Waals surface area contributed by atoms with E-state index in [0.29, 0.717) is 29.7 Å². The van der Waals surface area contributed by atoms with E-state index in [-0.39, 0.29) is 11.9 Å².